The molecule has 1 aliphatic rings. The van der Waals surface area contributed by atoms with Gasteiger partial charge in [-0.3, -0.25) is 4.79 Å². The number of aliphatic carboxylic acids is 1. The lowest BCUT2D eigenvalue weighted by Crippen LogP contribution is -2.68. The zero-order chi connectivity index (χ0) is 8.70. The summed E-state index contributed by atoms with van der Waals surface area (Å²) in [6.07, 6.45) is 0. The van der Waals surface area contributed by atoms with E-state index in [2.05, 4.69) is 5.32 Å². The summed E-state index contributed by atoms with van der Waals surface area (Å²) in [5.41, 5.74) is -2.13. The fourth-order valence-electron chi connectivity index (χ4n) is 1.00. The van der Waals surface area contributed by atoms with Gasteiger partial charge in [0.2, 0.25) is 0 Å². The summed E-state index contributed by atoms with van der Waals surface area (Å²) in [6.45, 7) is 3.81. The van der Waals surface area contributed by atoms with Crippen molar-refractivity contribution < 1.29 is 15.0 Å². The average Bonchev–Trinajstić information content (AvgIpc) is 1.82. The lowest BCUT2D eigenvalue weighted by atomic mass is 9.71. The van der Waals surface area contributed by atoms with E-state index in [4.69, 9.17) is 5.11 Å². The van der Waals surface area contributed by atoms with E-state index in [-0.39, 0.29) is 0 Å². The molecule has 4 heteroatoms. The van der Waals surface area contributed by atoms with Crippen LogP contribution in [0, 0.1) is 5.41 Å². The first-order valence-electron chi connectivity index (χ1n) is 3.57. The Morgan fingerprint density at radius 2 is 2.00 bits per heavy atom. The second-order valence-corrected chi connectivity index (χ2v) is 3.57. The Hall–Kier alpha value is -0.610. The zero-order valence-electron chi connectivity index (χ0n) is 6.72. The first-order valence-corrected chi connectivity index (χ1v) is 3.57. The quantitative estimate of drug-likeness (QED) is 0.504. The van der Waals surface area contributed by atoms with Crippen LogP contribution >= 0.6 is 0 Å². The fraction of sp³-hybridized carbons (Fsp3) is 0.857. The van der Waals surface area contributed by atoms with Gasteiger partial charge in [0.25, 0.3) is 0 Å². The molecule has 1 aliphatic heterocycles. The molecule has 0 aromatic carbocycles. The molecule has 1 fully saturated rings. The SMILES string of the molecule is CC(C)(C(=O)O)C1(O)CNC1. The highest BCUT2D eigenvalue weighted by molar-refractivity contribution is 5.75. The summed E-state index contributed by atoms with van der Waals surface area (Å²) in [5, 5.41) is 21.3. The number of β-amino-alcohol motifs (C(OH)–C–C–N with tert-alkyl or cyclic N) is 1. The van der Waals surface area contributed by atoms with Gasteiger partial charge in [-0.25, -0.2) is 0 Å². The lowest BCUT2D eigenvalue weighted by molar-refractivity contribution is -0.171. The van der Waals surface area contributed by atoms with Crippen molar-refractivity contribution in [2.24, 2.45) is 5.41 Å². The van der Waals surface area contributed by atoms with Crippen molar-refractivity contribution in [1.29, 1.82) is 0 Å². The number of carboxylic acids is 1. The van der Waals surface area contributed by atoms with Gasteiger partial charge in [-0.2, -0.15) is 0 Å². The van der Waals surface area contributed by atoms with Crippen molar-refractivity contribution in [1.82, 2.24) is 5.32 Å². The summed E-state index contributed by atoms with van der Waals surface area (Å²) in [7, 11) is 0. The Morgan fingerprint density at radius 3 is 2.09 bits per heavy atom. The Balaban J connectivity index is 2.78. The van der Waals surface area contributed by atoms with Gasteiger partial charge in [-0.15, -0.1) is 0 Å². The van der Waals surface area contributed by atoms with Crippen LogP contribution in [0.15, 0.2) is 0 Å². The van der Waals surface area contributed by atoms with Crippen LogP contribution in [0.3, 0.4) is 0 Å². The second-order valence-electron chi connectivity index (χ2n) is 3.57. The Bertz CT molecular complexity index is 184. The number of hydrogen-bond acceptors (Lipinski definition) is 3. The largest absolute Gasteiger partial charge is 0.481 e. The maximum absolute atomic E-state index is 10.7. The van der Waals surface area contributed by atoms with E-state index in [1.807, 2.05) is 0 Å². The van der Waals surface area contributed by atoms with E-state index in [0.29, 0.717) is 13.1 Å². The van der Waals surface area contributed by atoms with Crippen molar-refractivity contribution in [3.63, 3.8) is 0 Å². The van der Waals surface area contributed by atoms with Crippen LogP contribution in [0.2, 0.25) is 0 Å². The number of carboxylic acid groups (broad SMARTS) is 1. The van der Waals surface area contributed by atoms with E-state index in [9.17, 15) is 9.90 Å². The van der Waals surface area contributed by atoms with Gasteiger partial charge in [0.1, 0.15) is 5.60 Å². The molecule has 1 heterocycles. The second kappa shape index (κ2) is 2.19. The van der Waals surface area contributed by atoms with Gasteiger partial charge in [-0.05, 0) is 13.8 Å². The van der Waals surface area contributed by atoms with Gasteiger partial charge in [0.05, 0.1) is 5.41 Å². The first-order chi connectivity index (χ1) is 4.90. The molecular weight excluding hydrogens is 146 g/mol. The highest BCUT2D eigenvalue weighted by Crippen LogP contribution is 2.33. The maximum Gasteiger partial charge on any atom is 0.312 e. The highest BCUT2D eigenvalue weighted by atomic mass is 16.4. The topological polar surface area (TPSA) is 69.6 Å². The van der Waals surface area contributed by atoms with Crippen LogP contribution in [0.4, 0.5) is 0 Å². The third-order valence-corrected chi connectivity index (χ3v) is 2.53. The maximum atomic E-state index is 10.7. The van der Waals surface area contributed by atoms with Gasteiger partial charge in [0.15, 0.2) is 0 Å². The number of nitrogens with one attached hydrogen (secondary N) is 1. The Morgan fingerprint density at radius 1 is 1.55 bits per heavy atom. The van der Waals surface area contributed by atoms with E-state index in [0.717, 1.165) is 0 Å². The van der Waals surface area contributed by atoms with E-state index < -0.39 is 17.0 Å². The Kier molecular flexibility index (Phi) is 1.69. The molecule has 64 valence electrons. The van der Waals surface area contributed by atoms with Gasteiger partial charge in [-0.1, -0.05) is 0 Å². The van der Waals surface area contributed by atoms with Crippen molar-refractivity contribution in [2.45, 2.75) is 19.4 Å². The summed E-state index contributed by atoms with van der Waals surface area (Å²) >= 11 is 0. The van der Waals surface area contributed by atoms with Gasteiger partial charge >= 0.3 is 5.97 Å². The molecule has 0 atom stereocenters. The summed E-state index contributed by atoms with van der Waals surface area (Å²) in [5.74, 6) is -0.957. The van der Waals surface area contributed by atoms with Gasteiger partial charge < -0.3 is 15.5 Å². The summed E-state index contributed by atoms with van der Waals surface area (Å²) in [6, 6.07) is 0. The molecule has 0 saturated carbocycles. The van der Waals surface area contributed by atoms with Crippen LogP contribution in [-0.2, 0) is 4.79 Å². The molecule has 0 unspecified atom stereocenters. The van der Waals surface area contributed by atoms with Gasteiger partial charge in [0, 0.05) is 13.1 Å². The van der Waals surface area contributed by atoms with E-state index in [1.165, 1.54) is 13.8 Å². The first kappa shape index (κ1) is 8.49. The smallest absolute Gasteiger partial charge is 0.312 e. The van der Waals surface area contributed by atoms with Crippen LogP contribution in [0.1, 0.15) is 13.8 Å². The molecule has 1 rings (SSSR count). The minimum atomic E-state index is -1.07. The number of carbonyl (C=O) groups is 1. The lowest BCUT2D eigenvalue weighted by Gasteiger charge is -2.46. The molecule has 0 amide bonds. The normalized spacial score (nSPS) is 22.5. The van der Waals surface area contributed by atoms with Crippen LogP contribution in [0.25, 0.3) is 0 Å². The third-order valence-electron chi connectivity index (χ3n) is 2.53. The van der Waals surface area contributed by atoms with Crippen molar-refractivity contribution >= 4 is 5.97 Å². The molecular formula is C7H13NO3. The van der Waals surface area contributed by atoms with Crippen LogP contribution in [-0.4, -0.2) is 34.9 Å². The Labute approximate surface area is 65.2 Å². The van der Waals surface area contributed by atoms with Crippen molar-refractivity contribution in [3.8, 4) is 0 Å². The minimum absolute atomic E-state index is 0.367. The monoisotopic (exact) mass is 159 g/mol. The molecule has 11 heavy (non-hydrogen) atoms. The van der Waals surface area contributed by atoms with Crippen LogP contribution in [0.5, 0.6) is 0 Å². The number of aliphatic hydroxyl groups is 1. The van der Waals surface area contributed by atoms with E-state index in [1.54, 1.807) is 0 Å². The predicted octanol–water partition coefficient (Wildman–Crippen LogP) is -0.568. The molecule has 1 saturated heterocycles. The van der Waals surface area contributed by atoms with Crippen molar-refractivity contribution in [2.75, 3.05) is 13.1 Å². The molecule has 0 radical (unpaired) electrons. The van der Waals surface area contributed by atoms with Crippen molar-refractivity contribution in [3.05, 3.63) is 0 Å². The zero-order valence-corrected chi connectivity index (χ0v) is 6.72. The number of hydrogen-bond donors (Lipinski definition) is 3. The predicted molar refractivity (Wildman–Crippen MR) is 39.2 cm³/mol. The standard InChI is InChI=1S/C7H13NO3/c1-6(2,5(9)10)7(11)3-8-4-7/h8,11H,3-4H2,1-2H3,(H,9,10). The minimum Gasteiger partial charge on any atom is -0.481 e. The summed E-state index contributed by atoms with van der Waals surface area (Å²) < 4.78 is 0. The molecule has 0 aromatic heterocycles. The summed E-state index contributed by atoms with van der Waals surface area (Å²) in [4.78, 5) is 10.7. The third kappa shape index (κ3) is 1.02. The van der Waals surface area contributed by atoms with E-state index >= 15 is 0 Å². The number of rotatable bonds is 2. The molecule has 0 bridgehead atoms. The molecule has 0 aromatic rings. The van der Waals surface area contributed by atoms with Crippen LogP contribution < -0.4 is 5.32 Å². The fourth-order valence-corrected chi connectivity index (χ4v) is 1.00. The molecule has 0 spiro atoms. The highest BCUT2D eigenvalue weighted by Gasteiger charge is 2.52. The average molecular weight is 159 g/mol. The molecule has 0 aliphatic carbocycles. The molecule has 3 N–H and O–H groups in total. The molecule has 4 nitrogen and oxygen atoms in total.